The van der Waals surface area contributed by atoms with E-state index in [9.17, 15) is 0 Å². The van der Waals surface area contributed by atoms with Crippen LogP contribution in [0.1, 0.15) is 0 Å². The summed E-state index contributed by atoms with van der Waals surface area (Å²) in [5.41, 5.74) is 7.42. The fourth-order valence-electron chi connectivity index (χ4n) is 6.36. The van der Waals surface area contributed by atoms with Crippen molar-refractivity contribution in [2.45, 2.75) is 0 Å². The molecule has 0 aliphatic rings. The van der Waals surface area contributed by atoms with Gasteiger partial charge in [0.05, 0.1) is 0 Å². The molecule has 7 aromatic carbocycles. The molecule has 0 fully saturated rings. The fraction of sp³-hybridized carbons (Fsp3) is 0. The molecule has 0 unspecified atom stereocenters. The van der Waals surface area contributed by atoms with Crippen LogP contribution in [0, 0.1) is 0 Å². The Morgan fingerprint density at radius 2 is 0.825 bits per heavy atom. The van der Waals surface area contributed by atoms with Crippen LogP contribution in [0.15, 0.2) is 152 Å². The summed E-state index contributed by atoms with van der Waals surface area (Å²) in [5.74, 6) is 0. The minimum Gasteiger partial charge on any atom is -0.264 e. The van der Waals surface area contributed by atoms with Crippen LogP contribution in [0.25, 0.3) is 76.5 Å². The first-order valence-corrected chi connectivity index (χ1v) is 13.7. The highest BCUT2D eigenvalue weighted by molar-refractivity contribution is 6.23. The predicted octanol–water partition coefficient (Wildman–Crippen LogP) is 10.7. The lowest BCUT2D eigenvalue weighted by Crippen LogP contribution is -1.92. The van der Waals surface area contributed by atoms with E-state index < -0.39 is 0 Å². The number of pyridine rings is 1. The molecule has 1 nitrogen and oxygen atoms in total. The average molecular weight is 508 g/mol. The summed E-state index contributed by atoms with van der Waals surface area (Å²) in [7, 11) is 0. The first-order valence-electron chi connectivity index (χ1n) is 13.7. The minimum absolute atomic E-state index is 1.17. The first kappa shape index (κ1) is 22.7. The van der Waals surface area contributed by atoms with Crippen LogP contribution in [-0.2, 0) is 0 Å². The summed E-state index contributed by atoms with van der Waals surface area (Å²) < 4.78 is 0. The minimum atomic E-state index is 1.17. The molecular weight excluding hydrogens is 482 g/mol. The Kier molecular flexibility index (Phi) is 5.21. The quantitative estimate of drug-likeness (QED) is 0.217. The number of fused-ring (bicyclic) bond motifs is 4. The van der Waals surface area contributed by atoms with Crippen molar-refractivity contribution in [3.05, 3.63) is 152 Å². The first-order chi connectivity index (χ1) is 19.9. The molecule has 8 aromatic rings. The molecule has 0 atom stereocenters. The van der Waals surface area contributed by atoms with Crippen molar-refractivity contribution in [1.29, 1.82) is 0 Å². The summed E-state index contributed by atoms with van der Waals surface area (Å²) in [6.07, 6.45) is 3.95. The van der Waals surface area contributed by atoms with Crippen molar-refractivity contribution in [3.8, 4) is 33.4 Å². The van der Waals surface area contributed by atoms with Crippen molar-refractivity contribution < 1.29 is 0 Å². The van der Waals surface area contributed by atoms with E-state index in [2.05, 4.69) is 145 Å². The molecule has 1 heteroatoms. The zero-order valence-corrected chi connectivity index (χ0v) is 21.9. The van der Waals surface area contributed by atoms with Gasteiger partial charge >= 0.3 is 0 Å². The Morgan fingerprint density at radius 3 is 1.52 bits per heavy atom. The van der Waals surface area contributed by atoms with Gasteiger partial charge in [-0.2, -0.15) is 0 Å². The lowest BCUT2D eigenvalue weighted by atomic mass is 9.85. The molecule has 0 amide bonds. The number of hydrogen-bond acceptors (Lipinski definition) is 1. The van der Waals surface area contributed by atoms with Gasteiger partial charge in [-0.05, 0) is 77.2 Å². The molecule has 0 spiro atoms. The van der Waals surface area contributed by atoms with Crippen molar-refractivity contribution in [1.82, 2.24) is 4.98 Å². The molecule has 0 aliphatic heterocycles. The van der Waals surface area contributed by atoms with Crippen LogP contribution in [-0.4, -0.2) is 4.98 Å². The Labute approximate surface area is 233 Å². The van der Waals surface area contributed by atoms with Gasteiger partial charge in [-0.3, -0.25) is 4.98 Å². The summed E-state index contributed by atoms with van der Waals surface area (Å²) in [6.45, 7) is 0. The maximum atomic E-state index is 4.60. The van der Waals surface area contributed by atoms with Crippen LogP contribution < -0.4 is 0 Å². The second-order valence-corrected chi connectivity index (χ2v) is 10.3. The highest BCUT2D eigenvalue weighted by Crippen LogP contribution is 2.45. The Bertz CT molecular complexity index is 2140. The molecule has 0 saturated heterocycles. The van der Waals surface area contributed by atoms with E-state index in [1.54, 1.807) is 0 Å². The van der Waals surface area contributed by atoms with Gasteiger partial charge in [0.15, 0.2) is 0 Å². The number of aromatic nitrogens is 1. The Balaban J connectivity index is 1.39. The molecule has 1 heterocycles. The summed E-state index contributed by atoms with van der Waals surface area (Å²) in [4.78, 5) is 4.60. The topological polar surface area (TPSA) is 12.9 Å². The summed E-state index contributed by atoms with van der Waals surface area (Å²) in [5, 5.41) is 9.93. The van der Waals surface area contributed by atoms with Gasteiger partial charge in [0.1, 0.15) is 0 Å². The van der Waals surface area contributed by atoms with Crippen LogP contribution >= 0.6 is 0 Å². The molecule has 0 saturated carbocycles. The number of benzene rings is 7. The van der Waals surface area contributed by atoms with Crippen molar-refractivity contribution in [2.75, 3.05) is 0 Å². The Hall–Kier alpha value is -5.27. The average Bonchev–Trinajstić information content (AvgIpc) is 3.03. The zero-order chi connectivity index (χ0) is 26.5. The highest BCUT2D eigenvalue weighted by atomic mass is 14.6. The molecule has 0 N–H and O–H groups in total. The molecule has 40 heavy (non-hydrogen) atoms. The second kappa shape index (κ2) is 9.18. The van der Waals surface area contributed by atoms with Gasteiger partial charge in [-0.1, -0.05) is 133 Å². The lowest BCUT2D eigenvalue weighted by Gasteiger charge is -2.18. The molecule has 0 radical (unpaired) electrons. The maximum Gasteiger partial charge on any atom is 0.0353 e. The highest BCUT2D eigenvalue weighted by Gasteiger charge is 2.18. The summed E-state index contributed by atoms with van der Waals surface area (Å²) >= 11 is 0. The van der Waals surface area contributed by atoms with Crippen LogP contribution in [0.4, 0.5) is 0 Å². The largest absolute Gasteiger partial charge is 0.264 e. The van der Waals surface area contributed by atoms with E-state index >= 15 is 0 Å². The van der Waals surface area contributed by atoms with Crippen molar-refractivity contribution in [2.24, 2.45) is 0 Å². The maximum absolute atomic E-state index is 4.60. The SMILES string of the molecule is c1ccc2c(-c3ccc(-c4c5ccccc5c(-c5cccc6ccccc56)c5ccncc45)cc3)cccc2c1. The normalized spacial score (nSPS) is 11.5. The van der Waals surface area contributed by atoms with Crippen molar-refractivity contribution in [3.63, 3.8) is 0 Å². The third-order valence-electron chi connectivity index (χ3n) is 8.16. The molecule has 8 rings (SSSR count). The molecule has 1 aromatic heterocycles. The van der Waals surface area contributed by atoms with E-state index in [0.717, 1.165) is 0 Å². The van der Waals surface area contributed by atoms with E-state index in [1.165, 1.54) is 76.5 Å². The molecule has 0 bridgehead atoms. The van der Waals surface area contributed by atoms with Crippen LogP contribution in [0.3, 0.4) is 0 Å². The van der Waals surface area contributed by atoms with Crippen LogP contribution in [0.2, 0.25) is 0 Å². The van der Waals surface area contributed by atoms with Gasteiger partial charge in [0.2, 0.25) is 0 Å². The van der Waals surface area contributed by atoms with Gasteiger partial charge in [-0.25, -0.2) is 0 Å². The van der Waals surface area contributed by atoms with E-state index in [4.69, 9.17) is 0 Å². The van der Waals surface area contributed by atoms with Gasteiger partial charge in [0, 0.05) is 17.8 Å². The number of hydrogen-bond donors (Lipinski definition) is 0. The number of rotatable bonds is 3. The smallest absolute Gasteiger partial charge is 0.0353 e. The third kappa shape index (κ3) is 3.52. The van der Waals surface area contributed by atoms with Gasteiger partial charge in [-0.15, -0.1) is 0 Å². The predicted molar refractivity (Wildman–Crippen MR) is 171 cm³/mol. The Morgan fingerprint density at radius 1 is 0.325 bits per heavy atom. The molecule has 186 valence electrons. The monoisotopic (exact) mass is 507 g/mol. The second-order valence-electron chi connectivity index (χ2n) is 10.3. The van der Waals surface area contributed by atoms with Crippen molar-refractivity contribution >= 4 is 43.1 Å². The van der Waals surface area contributed by atoms with E-state index in [-0.39, 0.29) is 0 Å². The number of nitrogens with zero attached hydrogens (tertiary/aromatic N) is 1. The summed E-state index contributed by atoms with van der Waals surface area (Å²) in [6, 6.07) is 50.4. The van der Waals surface area contributed by atoms with Crippen LogP contribution in [0.5, 0.6) is 0 Å². The fourth-order valence-corrected chi connectivity index (χ4v) is 6.36. The van der Waals surface area contributed by atoms with Gasteiger partial charge in [0.25, 0.3) is 0 Å². The molecule has 0 aliphatic carbocycles. The zero-order valence-electron chi connectivity index (χ0n) is 21.9. The third-order valence-corrected chi connectivity index (χ3v) is 8.16. The van der Waals surface area contributed by atoms with E-state index in [0.29, 0.717) is 0 Å². The van der Waals surface area contributed by atoms with E-state index in [1.807, 2.05) is 12.4 Å². The molecular formula is C39H25N. The standard InChI is InChI=1S/C39H25N/c1-3-13-30-26(9-1)11-7-17-31(30)28-19-21-29(22-20-28)38-34-15-5-6-16-35(34)39(36-23-24-40-25-37(36)38)33-18-8-12-27-10-2-4-14-32(27)33/h1-25H. The van der Waals surface area contributed by atoms with Gasteiger partial charge < -0.3 is 0 Å². The lowest BCUT2D eigenvalue weighted by molar-refractivity contribution is 1.37.